The number of hydrazine groups is 1. The molecule has 0 aliphatic rings. The van der Waals surface area contributed by atoms with E-state index in [2.05, 4.69) is 35.8 Å². The van der Waals surface area contributed by atoms with Gasteiger partial charge in [0.25, 0.3) is 18.2 Å². The molecule has 0 bridgehead atoms. The Morgan fingerprint density at radius 2 is 1.85 bits per heavy atom. The zero-order chi connectivity index (χ0) is 29.8. The van der Waals surface area contributed by atoms with E-state index in [1.54, 1.807) is 6.07 Å². The Bertz CT molecular complexity index is 1630. The summed E-state index contributed by atoms with van der Waals surface area (Å²) in [5, 5.41) is 15.3. The molecule has 0 radical (unpaired) electrons. The molecule has 3 aromatic heterocycles. The molecule has 0 spiro atoms. The van der Waals surface area contributed by atoms with Crippen LogP contribution in [0.25, 0.3) is 5.82 Å². The van der Waals surface area contributed by atoms with Crippen LogP contribution in [0.5, 0.6) is 0 Å². The predicted molar refractivity (Wildman–Crippen MR) is 142 cm³/mol. The van der Waals surface area contributed by atoms with Crippen LogP contribution in [0.1, 0.15) is 38.7 Å². The van der Waals surface area contributed by atoms with Crippen LogP contribution in [0.15, 0.2) is 42.7 Å². The number of rotatable bonds is 7. The van der Waals surface area contributed by atoms with E-state index in [4.69, 9.17) is 34.8 Å². The molecule has 41 heavy (non-hydrogen) atoms. The third-order valence-corrected chi connectivity index (χ3v) is 6.08. The number of nitrogens with one attached hydrogen (secondary N) is 2. The van der Waals surface area contributed by atoms with E-state index in [-0.39, 0.29) is 50.1 Å². The number of benzene rings is 1. The fourth-order valence-electron chi connectivity index (χ4n) is 3.45. The Kier molecular flexibility index (Phi) is 9.00. The number of methoxy groups -OCH3 is 1. The average molecular weight is 629 g/mol. The normalized spacial score (nSPS) is 10.9. The largest absolute Gasteiger partial charge is 0.452 e. The molecular formula is C23H18Cl3F2N9O4. The first kappa shape index (κ1) is 29.6. The Morgan fingerprint density at radius 3 is 2.51 bits per heavy atom. The standard InChI is InChI=1S/C23H18Cl3F2N9O4/c1-35(23(40)41-2)34-21(38)13-6-11(24)7-15(26)18(13)31-22(39)17-8-12(10-36-30-9-16(33-36)19(27)28)32-37(17)20-14(25)4-3-5-29-20/h3-9,19H,10H2,1-2H3,(H,31,39)(H,34,38). The fourth-order valence-corrected chi connectivity index (χ4v) is 4.19. The van der Waals surface area contributed by atoms with E-state index in [1.165, 1.54) is 37.5 Å². The molecule has 214 valence electrons. The highest BCUT2D eigenvalue weighted by molar-refractivity contribution is 6.38. The van der Waals surface area contributed by atoms with Crippen molar-refractivity contribution >= 4 is 58.4 Å². The number of amides is 3. The van der Waals surface area contributed by atoms with E-state index in [0.29, 0.717) is 0 Å². The number of carbonyl (C=O) groups excluding carboxylic acids is 3. The van der Waals surface area contributed by atoms with Crippen LogP contribution in [-0.4, -0.2) is 66.8 Å². The molecule has 0 aliphatic heterocycles. The van der Waals surface area contributed by atoms with Crippen molar-refractivity contribution in [3.05, 3.63) is 80.4 Å². The molecule has 0 saturated heterocycles. The maximum absolute atomic E-state index is 13.6. The van der Waals surface area contributed by atoms with E-state index >= 15 is 0 Å². The Morgan fingerprint density at radius 1 is 1.10 bits per heavy atom. The zero-order valence-electron chi connectivity index (χ0n) is 21.0. The molecule has 2 N–H and O–H groups in total. The molecule has 4 rings (SSSR count). The number of aromatic nitrogens is 6. The lowest BCUT2D eigenvalue weighted by Crippen LogP contribution is -2.43. The molecule has 0 fully saturated rings. The lowest BCUT2D eigenvalue weighted by molar-refractivity contribution is 0.0767. The summed E-state index contributed by atoms with van der Waals surface area (Å²) < 4.78 is 31.6. The summed E-state index contributed by atoms with van der Waals surface area (Å²) in [6, 6.07) is 6.94. The highest BCUT2D eigenvalue weighted by Crippen LogP contribution is 2.31. The first-order valence-electron chi connectivity index (χ1n) is 11.3. The zero-order valence-corrected chi connectivity index (χ0v) is 23.2. The second kappa shape index (κ2) is 12.4. The minimum atomic E-state index is -2.82. The van der Waals surface area contributed by atoms with Gasteiger partial charge in [-0.15, -0.1) is 0 Å². The minimum absolute atomic E-state index is 0.0707. The van der Waals surface area contributed by atoms with Crippen molar-refractivity contribution in [1.82, 2.24) is 40.2 Å². The van der Waals surface area contributed by atoms with Crippen molar-refractivity contribution < 1.29 is 27.9 Å². The van der Waals surface area contributed by atoms with Gasteiger partial charge in [0.2, 0.25) is 0 Å². The van der Waals surface area contributed by atoms with Gasteiger partial charge in [0, 0.05) is 18.3 Å². The Balaban J connectivity index is 1.71. The van der Waals surface area contributed by atoms with Crippen molar-refractivity contribution in [2.75, 3.05) is 19.5 Å². The number of halogens is 5. The summed E-state index contributed by atoms with van der Waals surface area (Å²) in [6.45, 7) is -0.181. The lowest BCUT2D eigenvalue weighted by Gasteiger charge is -2.19. The number of hydrogen-bond acceptors (Lipinski definition) is 8. The summed E-state index contributed by atoms with van der Waals surface area (Å²) in [4.78, 5) is 43.4. The molecule has 3 amide bonds. The van der Waals surface area contributed by atoms with Crippen LogP contribution in [0.4, 0.5) is 19.3 Å². The molecule has 0 aliphatic carbocycles. The van der Waals surface area contributed by atoms with Gasteiger partial charge in [-0.25, -0.2) is 28.3 Å². The number of ether oxygens (including phenoxy) is 1. The van der Waals surface area contributed by atoms with Gasteiger partial charge in [-0.1, -0.05) is 34.8 Å². The van der Waals surface area contributed by atoms with Crippen LogP contribution >= 0.6 is 34.8 Å². The Labute approximate surface area is 244 Å². The molecule has 13 nitrogen and oxygen atoms in total. The van der Waals surface area contributed by atoms with E-state index in [9.17, 15) is 23.2 Å². The molecule has 18 heteroatoms. The van der Waals surface area contributed by atoms with Crippen molar-refractivity contribution in [1.29, 1.82) is 0 Å². The topological polar surface area (TPSA) is 149 Å². The highest BCUT2D eigenvalue weighted by Gasteiger charge is 2.25. The molecule has 0 atom stereocenters. The first-order chi connectivity index (χ1) is 19.5. The van der Waals surface area contributed by atoms with E-state index < -0.39 is 30.0 Å². The van der Waals surface area contributed by atoms with Crippen molar-refractivity contribution in [3.8, 4) is 5.82 Å². The van der Waals surface area contributed by atoms with Crippen molar-refractivity contribution in [3.63, 3.8) is 0 Å². The van der Waals surface area contributed by atoms with Gasteiger partial charge in [-0.2, -0.15) is 20.1 Å². The van der Waals surface area contributed by atoms with Crippen LogP contribution in [0.2, 0.25) is 15.1 Å². The van der Waals surface area contributed by atoms with Crippen LogP contribution in [0.3, 0.4) is 0 Å². The van der Waals surface area contributed by atoms with Gasteiger partial charge >= 0.3 is 6.09 Å². The van der Waals surface area contributed by atoms with Crippen molar-refractivity contribution in [2.24, 2.45) is 0 Å². The quantitative estimate of drug-likeness (QED) is 0.286. The SMILES string of the molecule is COC(=O)N(C)NC(=O)c1cc(Cl)cc(Cl)c1NC(=O)c1cc(Cn2ncc(C(F)F)n2)nn1-c1ncccc1Cl. The van der Waals surface area contributed by atoms with E-state index in [0.717, 1.165) is 27.8 Å². The third kappa shape index (κ3) is 6.70. The monoisotopic (exact) mass is 627 g/mol. The molecule has 1 aromatic carbocycles. The predicted octanol–water partition coefficient (Wildman–Crippen LogP) is 4.40. The number of hydrogen-bond donors (Lipinski definition) is 2. The summed E-state index contributed by atoms with van der Waals surface area (Å²) in [5.74, 6) is -1.59. The van der Waals surface area contributed by atoms with Crippen LogP contribution in [0, 0.1) is 0 Å². The minimum Gasteiger partial charge on any atom is -0.452 e. The van der Waals surface area contributed by atoms with Gasteiger partial charge in [-0.3, -0.25) is 15.0 Å². The maximum Gasteiger partial charge on any atom is 0.428 e. The number of carbonyl (C=O) groups is 3. The van der Waals surface area contributed by atoms with Crippen molar-refractivity contribution in [2.45, 2.75) is 13.0 Å². The average Bonchev–Trinajstić information content (AvgIpc) is 3.57. The molecule has 0 unspecified atom stereocenters. The first-order valence-corrected chi connectivity index (χ1v) is 12.4. The summed E-state index contributed by atoms with van der Waals surface area (Å²) in [5.41, 5.74) is 1.48. The number of nitrogens with zero attached hydrogens (tertiary/aromatic N) is 7. The fraction of sp³-hybridized carbons (Fsp3) is 0.174. The molecule has 3 heterocycles. The van der Waals surface area contributed by atoms with Gasteiger partial charge in [0.05, 0.1) is 40.3 Å². The number of alkyl halides is 2. The second-order valence-electron chi connectivity index (χ2n) is 8.08. The maximum atomic E-state index is 13.6. The third-order valence-electron chi connectivity index (χ3n) is 5.27. The molecule has 0 saturated carbocycles. The van der Waals surface area contributed by atoms with Gasteiger partial charge in [0.1, 0.15) is 17.9 Å². The van der Waals surface area contributed by atoms with Gasteiger partial charge < -0.3 is 10.1 Å². The van der Waals surface area contributed by atoms with Gasteiger partial charge in [-0.05, 0) is 30.3 Å². The van der Waals surface area contributed by atoms with Gasteiger partial charge in [0.15, 0.2) is 5.82 Å². The summed E-state index contributed by atoms with van der Waals surface area (Å²) in [7, 11) is 2.36. The Hall–Kier alpha value is -4.34. The summed E-state index contributed by atoms with van der Waals surface area (Å²) >= 11 is 18.7. The molecule has 4 aromatic rings. The highest BCUT2D eigenvalue weighted by atomic mass is 35.5. The second-order valence-corrected chi connectivity index (χ2v) is 9.33. The smallest absolute Gasteiger partial charge is 0.428 e. The lowest BCUT2D eigenvalue weighted by atomic mass is 10.1. The number of anilines is 1. The number of pyridine rings is 1. The van der Waals surface area contributed by atoms with E-state index in [1.807, 2.05) is 0 Å². The molecular weight excluding hydrogens is 611 g/mol. The summed E-state index contributed by atoms with van der Waals surface area (Å²) in [6.07, 6.45) is -1.35. The van der Waals surface area contributed by atoms with Crippen LogP contribution < -0.4 is 10.7 Å². The van der Waals surface area contributed by atoms with Crippen LogP contribution in [-0.2, 0) is 11.3 Å².